The number of carbonyl (C=O) groups is 1. The highest BCUT2D eigenvalue weighted by Crippen LogP contribution is 2.41. The lowest BCUT2D eigenvalue weighted by molar-refractivity contribution is 0.0601. The lowest BCUT2D eigenvalue weighted by atomic mass is 10.1. The first-order valence-electron chi connectivity index (χ1n) is 8.06. The molecule has 0 bridgehead atoms. The number of carbonyl (C=O) groups excluding carboxylic acids is 1. The fourth-order valence-corrected chi connectivity index (χ4v) is 3.17. The molecular formula is C19H14BrFN2O4. The highest BCUT2D eigenvalue weighted by molar-refractivity contribution is 9.10. The SMILES string of the molecule is COC(=O)c1cnc2c3c(ccc2c1NCc1ccc(Br)c(F)c1)OCO3. The highest BCUT2D eigenvalue weighted by atomic mass is 79.9. The first kappa shape index (κ1) is 17.5. The Morgan fingerprint density at radius 2 is 2.19 bits per heavy atom. The Kier molecular flexibility index (Phi) is 4.57. The normalized spacial score (nSPS) is 12.3. The van der Waals surface area contributed by atoms with E-state index in [4.69, 9.17) is 14.2 Å². The number of benzene rings is 2. The molecule has 138 valence electrons. The van der Waals surface area contributed by atoms with Crippen LogP contribution in [0, 0.1) is 5.82 Å². The van der Waals surface area contributed by atoms with Gasteiger partial charge in [-0.15, -0.1) is 0 Å². The molecule has 0 saturated heterocycles. The van der Waals surface area contributed by atoms with Gasteiger partial charge in [0.15, 0.2) is 11.5 Å². The van der Waals surface area contributed by atoms with Crippen molar-refractivity contribution in [1.82, 2.24) is 4.98 Å². The summed E-state index contributed by atoms with van der Waals surface area (Å²) in [6.07, 6.45) is 1.43. The molecular weight excluding hydrogens is 419 g/mol. The average molecular weight is 433 g/mol. The number of hydrogen-bond acceptors (Lipinski definition) is 6. The van der Waals surface area contributed by atoms with Gasteiger partial charge >= 0.3 is 5.97 Å². The molecule has 0 atom stereocenters. The van der Waals surface area contributed by atoms with Gasteiger partial charge in [-0.25, -0.2) is 9.18 Å². The largest absolute Gasteiger partial charge is 0.465 e. The van der Waals surface area contributed by atoms with Crippen LogP contribution >= 0.6 is 15.9 Å². The Morgan fingerprint density at radius 3 is 2.96 bits per heavy atom. The van der Waals surface area contributed by atoms with Gasteiger partial charge in [0.25, 0.3) is 0 Å². The summed E-state index contributed by atoms with van der Waals surface area (Å²) in [5.41, 5.74) is 2.11. The molecule has 0 amide bonds. The number of ether oxygens (including phenoxy) is 3. The van der Waals surface area contributed by atoms with E-state index in [1.54, 1.807) is 24.3 Å². The molecule has 0 aliphatic carbocycles. The molecule has 3 aromatic rings. The molecule has 2 aromatic carbocycles. The van der Waals surface area contributed by atoms with E-state index in [0.717, 1.165) is 5.56 Å². The van der Waals surface area contributed by atoms with E-state index in [9.17, 15) is 9.18 Å². The van der Waals surface area contributed by atoms with Crippen molar-refractivity contribution in [1.29, 1.82) is 0 Å². The van der Waals surface area contributed by atoms with E-state index in [1.807, 2.05) is 0 Å². The number of anilines is 1. The van der Waals surface area contributed by atoms with Crippen molar-refractivity contribution in [2.45, 2.75) is 6.54 Å². The Labute approximate surface area is 162 Å². The van der Waals surface area contributed by atoms with Crippen molar-refractivity contribution >= 4 is 38.5 Å². The van der Waals surface area contributed by atoms with Gasteiger partial charge in [0, 0.05) is 18.1 Å². The summed E-state index contributed by atoms with van der Waals surface area (Å²) >= 11 is 3.14. The summed E-state index contributed by atoms with van der Waals surface area (Å²) in [6, 6.07) is 8.41. The number of nitrogens with zero attached hydrogens (tertiary/aromatic N) is 1. The molecule has 0 spiro atoms. The third-order valence-electron chi connectivity index (χ3n) is 4.23. The average Bonchev–Trinajstić information content (AvgIpc) is 3.17. The summed E-state index contributed by atoms with van der Waals surface area (Å²) in [5, 5.41) is 3.89. The second-order valence-electron chi connectivity index (χ2n) is 5.84. The van der Waals surface area contributed by atoms with Crippen LogP contribution in [-0.2, 0) is 11.3 Å². The number of hydrogen-bond donors (Lipinski definition) is 1. The monoisotopic (exact) mass is 432 g/mol. The maximum absolute atomic E-state index is 13.8. The first-order valence-corrected chi connectivity index (χ1v) is 8.85. The van der Waals surface area contributed by atoms with E-state index in [2.05, 4.69) is 26.2 Å². The Balaban J connectivity index is 1.78. The van der Waals surface area contributed by atoms with E-state index in [1.165, 1.54) is 19.4 Å². The molecule has 1 N–H and O–H groups in total. The van der Waals surface area contributed by atoms with Gasteiger partial charge < -0.3 is 19.5 Å². The topological polar surface area (TPSA) is 69.7 Å². The van der Waals surface area contributed by atoms with E-state index < -0.39 is 5.97 Å². The van der Waals surface area contributed by atoms with E-state index >= 15 is 0 Å². The van der Waals surface area contributed by atoms with Crippen molar-refractivity contribution in [3.8, 4) is 11.5 Å². The number of esters is 1. The third-order valence-corrected chi connectivity index (χ3v) is 4.88. The molecule has 1 aromatic heterocycles. The van der Waals surface area contributed by atoms with E-state index in [0.29, 0.717) is 39.1 Å². The molecule has 1 aliphatic rings. The molecule has 2 heterocycles. The van der Waals surface area contributed by atoms with Crippen molar-refractivity contribution < 1.29 is 23.4 Å². The van der Waals surface area contributed by atoms with Crippen molar-refractivity contribution in [2.75, 3.05) is 19.2 Å². The van der Waals surface area contributed by atoms with Crippen molar-refractivity contribution in [3.05, 3.63) is 57.9 Å². The molecule has 6 nitrogen and oxygen atoms in total. The number of fused-ring (bicyclic) bond motifs is 3. The van der Waals surface area contributed by atoms with Gasteiger partial charge in [0.05, 0.1) is 17.3 Å². The van der Waals surface area contributed by atoms with Crippen LogP contribution in [0.15, 0.2) is 41.0 Å². The van der Waals surface area contributed by atoms with Crippen molar-refractivity contribution in [2.24, 2.45) is 0 Å². The van der Waals surface area contributed by atoms with Crippen LogP contribution in [0.25, 0.3) is 10.9 Å². The quantitative estimate of drug-likeness (QED) is 0.621. The predicted molar refractivity (Wildman–Crippen MR) is 101 cm³/mol. The Hall–Kier alpha value is -2.87. The number of pyridine rings is 1. The zero-order chi connectivity index (χ0) is 19.0. The second kappa shape index (κ2) is 7.03. The minimum Gasteiger partial charge on any atom is -0.465 e. The van der Waals surface area contributed by atoms with Gasteiger partial charge in [-0.3, -0.25) is 4.98 Å². The molecule has 0 fully saturated rings. The van der Waals surface area contributed by atoms with Crippen LogP contribution in [0.3, 0.4) is 0 Å². The Bertz CT molecular complexity index is 1060. The van der Waals surface area contributed by atoms with Crippen LogP contribution in [0.4, 0.5) is 10.1 Å². The molecule has 0 saturated carbocycles. The van der Waals surface area contributed by atoms with Gasteiger partial charge in [-0.2, -0.15) is 0 Å². The standard InChI is InChI=1S/C19H14BrFN2O4/c1-25-19(24)12-8-23-17-11(3-5-15-18(17)27-9-26-15)16(12)22-7-10-2-4-13(20)14(21)6-10/h2-6,8H,7,9H2,1H3,(H,22,23). The molecule has 0 unspecified atom stereocenters. The number of rotatable bonds is 4. The molecule has 8 heteroatoms. The minimum atomic E-state index is -0.522. The fourth-order valence-electron chi connectivity index (χ4n) is 2.92. The van der Waals surface area contributed by atoms with E-state index in [-0.39, 0.29) is 18.2 Å². The number of methoxy groups -OCH3 is 1. The van der Waals surface area contributed by atoms with Crippen molar-refractivity contribution in [3.63, 3.8) is 0 Å². The fraction of sp³-hybridized carbons (Fsp3) is 0.158. The summed E-state index contributed by atoms with van der Waals surface area (Å²) < 4.78 is 29.9. The first-order chi connectivity index (χ1) is 13.1. The zero-order valence-corrected chi connectivity index (χ0v) is 15.8. The lowest BCUT2D eigenvalue weighted by Crippen LogP contribution is -2.10. The Morgan fingerprint density at radius 1 is 1.33 bits per heavy atom. The minimum absolute atomic E-state index is 0.121. The summed E-state index contributed by atoms with van der Waals surface area (Å²) in [4.78, 5) is 16.5. The molecule has 4 rings (SSSR count). The lowest BCUT2D eigenvalue weighted by Gasteiger charge is -2.14. The van der Waals surface area contributed by atoms with Crippen LogP contribution in [0.1, 0.15) is 15.9 Å². The van der Waals surface area contributed by atoms with Crippen LogP contribution in [0.2, 0.25) is 0 Å². The molecule has 27 heavy (non-hydrogen) atoms. The summed E-state index contributed by atoms with van der Waals surface area (Å²) in [7, 11) is 1.31. The second-order valence-corrected chi connectivity index (χ2v) is 6.69. The van der Waals surface area contributed by atoms with Gasteiger partial charge in [0.1, 0.15) is 16.9 Å². The zero-order valence-electron chi connectivity index (χ0n) is 14.2. The number of aromatic nitrogens is 1. The number of nitrogens with one attached hydrogen (secondary N) is 1. The third kappa shape index (κ3) is 3.16. The maximum atomic E-state index is 13.8. The summed E-state index contributed by atoms with van der Waals surface area (Å²) in [5.74, 6) is 0.250. The maximum Gasteiger partial charge on any atom is 0.341 e. The number of halogens is 2. The van der Waals surface area contributed by atoms with Crippen LogP contribution in [0.5, 0.6) is 11.5 Å². The molecule has 0 radical (unpaired) electrons. The van der Waals surface area contributed by atoms with Gasteiger partial charge in [0.2, 0.25) is 6.79 Å². The smallest absolute Gasteiger partial charge is 0.341 e. The van der Waals surface area contributed by atoms with Gasteiger partial charge in [-0.1, -0.05) is 6.07 Å². The summed E-state index contributed by atoms with van der Waals surface area (Å²) in [6.45, 7) is 0.428. The van der Waals surface area contributed by atoms with Gasteiger partial charge in [-0.05, 0) is 45.8 Å². The van der Waals surface area contributed by atoms with Crippen LogP contribution in [-0.4, -0.2) is 24.9 Å². The molecule has 1 aliphatic heterocycles. The van der Waals surface area contributed by atoms with Crippen LogP contribution < -0.4 is 14.8 Å². The predicted octanol–water partition coefficient (Wildman–Crippen LogP) is 4.26. The highest BCUT2D eigenvalue weighted by Gasteiger charge is 2.23.